The van der Waals surface area contributed by atoms with Crippen molar-refractivity contribution in [3.63, 3.8) is 0 Å². The first kappa shape index (κ1) is 32.2. The molecule has 1 unspecified atom stereocenters. The number of rotatable bonds is 11. The van der Waals surface area contributed by atoms with Crippen molar-refractivity contribution < 1.29 is 23.9 Å². The van der Waals surface area contributed by atoms with E-state index >= 15 is 0 Å². The van der Waals surface area contributed by atoms with Gasteiger partial charge in [-0.3, -0.25) is 14.4 Å². The highest BCUT2D eigenvalue weighted by Crippen LogP contribution is 2.32. The average molecular weight is 630 g/mol. The van der Waals surface area contributed by atoms with Gasteiger partial charge in [0.25, 0.3) is 11.8 Å². The zero-order valence-electron chi connectivity index (χ0n) is 24.6. The Morgan fingerprint density at radius 3 is 2.20 bits per heavy atom. The smallest absolute Gasteiger partial charge is 0.272 e. The van der Waals surface area contributed by atoms with Crippen LogP contribution in [0.15, 0.2) is 102 Å². The Kier molecular flexibility index (Phi) is 11.1. The summed E-state index contributed by atoms with van der Waals surface area (Å²) in [5, 5.41) is 8.64. The molecule has 0 heterocycles. The van der Waals surface area contributed by atoms with Crippen molar-refractivity contribution in [1.29, 1.82) is 0 Å². The minimum atomic E-state index is -0.538. The molecule has 0 bridgehead atoms. The average Bonchev–Trinajstić information content (AvgIpc) is 3.03. The van der Waals surface area contributed by atoms with E-state index in [0.717, 1.165) is 10.5 Å². The van der Waals surface area contributed by atoms with Crippen molar-refractivity contribution in [3.05, 3.63) is 118 Å². The number of thioether (sulfide) groups is 1. The SMILES string of the molecule is COc1cccc(/C=C(\NC(=O)c2ccccc2)C(=O)Nc2ccc(SC(C)C(=O)Nc3ccc(C)c(Cl)c3)cc2)c1OC. The fourth-order valence-electron chi connectivity index (χ4n) is 4.11. The van der Waals surface area contributed by atoms with Crippen LogP contribution in [0.5, 0.6) is 11.5 Å². The van der Waals surface area contributed by atoms with Crippen LogP contribution in [0.2, 0.25) is 5.02 Å². The van der Waals surface area contributed by atoms with Gasteiger partial charge in [0, 0.05) is 32.4 Å². The van der Waals surface area contributed by atoms with Gasteiger partial charge in [0.2, 0.25) is 5.91 Å². The van der Waals surface area contributed by atoms with E-state index in [1.807, 2.05) is 38.1 Å². The number of aryl methyl sites for hydroxylation is 1. The van der Waals surface area contributed by atoms with E-state index in [1.165, 1.54) is 32.1 Å². The number of methoxy groups -OCH3 is 2. The Hall–Kier alpha value is -4.73. The minimum Gasteiger partial charge on any atom is -0.493 e. The van der Waals surface area contributed by atoms with Gasteiger partial charge in [0.05, 0.1) is 19.5 Å². The molecule has 0 spiro atoms. The molecular formula is C34H32ClN3O5S. The van der Waals surface area contributed by atoms with E-state index in [4.69, 9.17) is 21.1 Å². The summed E-state index contributed by atoms with van der Waals surface area (Å²) in [7, 11) is 3.02. The summed E-state index contributed by atoms with van der Waals surface area (Å²) in [5.41, 5.74) is 3.01. The number of carbonyl (C=O) groups excluding carboxylic acids is 3. The Bertz CT molecular complexity index is 1680. The van der Waals surface area contributed by atoms with Crippen molar-refractivity contribution >= 4 is 58.5 Å². The number of amides is 3. The molecule has 4 aromatic rings. The van der Waals surface area contributed by atoms with E-state index in [2.05, 4.69) is 16.0 Å². The molecule has 0 fully saturated rings. The van der Waals surface area contributed by atoms with Gasteiger partial charge in [-0.2, -0.15) is 0 Å². The van der Waals surface area contributed by atoms with Crippen LogP contribution in [0.4, 0.5) is 11.4 Å². The third-order valence-corrected chi connectivity index (χ3v) is 8.01. The van der Waals surface area contributed by atoms with Gasteiger partial charge in [0.15, 0.2) is 11.5 Å². The lowest BCUT2D eigenvalue weighted by molar-refractivity contribution is -0.115. The highest BCUT2D eigenvalue weighted by atomic mass is 35.5. The number of ether oxygens (including phenoxy) is 2. The van der Waals surface area contributed by atoms with Gasteiger partial charge in [-0.15, -0.1) is 11.8 Å². The van der Waals surface area contributed by atoms with Crippen LogP contribution in [0.25, 0.3) is 6.08 Å². The van der Waals surface area contributed by atoms with Crippen LogP contribution in [0.1, 0.15) is 28.4 Å². The van der Waals surface area contributed by atoms with Crippen molar-refractivity contribution in [2.24, 2.45) is 0 Å². The summed E-state index contributed by atoms with van der Waals surface area (Å²) in [6, 6.07) is 26.3. The lowest BCUT2D eigenvalue weighted by Crippen LogP contribution is -2.30. The van der Waals surface area contributed by atoms with Crippen molar-refractivity contribution in [1.82, 2.24) is 5.32 Å². The Labute approximate surface area is 265 Å². The van der Waals surface area contributed by atoms with Gasteiger partial charge >= 0.3 is 0 Å². The molecule has 8 nitrogen and oxygen atoms in total. The number of carbonyl (C=O) groups is 3. The summed E-state index contributed by atoms with van der Waals surface area (Å²) in [4.78, 5) is 40.0. The Balaban J connectivity index is 1.48. The molecule has 1 atom stereocenters. The molecule has 0 saturated heterocycles. The zero-order valence-corrected chi connectivity index (χ0v) is 26.2. The normalized spacial score (nSPS) is 11.7. The van der Waals surface area contributed by atoms with Crippen LogP contribution in [-0.4, -0.2) is 37.2 Å². The predicted octanol–water partition coefficient (Wildman–Crippen LogP) is 7.19. The van der Waals surface area contributed by atoms with Crippen LogP contribution in [0.3, 0.4) is 0 Å². The van der Waals surface area contributed by atoms with Gasteiger partial charge in [0.1, 0.15) is 5.70 Å². The van der Waals surface area contributed by atoms with Gasteiger partial charge in [-0.25, -0.2) is 0 Å². The number of nitrogens with one attached hydrogen (secondary N) is 3. The summed E-state index contributed by atoms with van der Waals surface area (Å²) in [6.07, 6.45) is 1.53. The standard InChI is InChI=1S/C34H32ClN3O5S/c1-21-13-14-26(20-28(21)35)37-32(39)22(2)44-27-17-15-25(16-18-27)36-34(41)29(38-33(40)23-9-6-5-7-10-23)19-24-11-8-12-30(42-3)31(24)43-4/h5-20,22H,1-4H3,(H,36,41)(H,37,39)(H,38,40)/b29-19-. The monoisotopic (exact) mass is 629 g/mol. The van der Waals surface area contributed by atoms with E-state index in [-0.39, 0.29) is 11.6 Å². The number of hydrogen-bond acceptors (Lipinski definition) is 6. The molecule has 0 aliphatic heterocycles. The summed E-state index contributed by atoms with van der Waals surface area (Å²) >= 11 is 7.55. The number of halogens is 1. The van der Waals surface area contributed by atoms with Crippen LogP contribution in [0, 0.1) is 6.92 Å². The van der Waals surface area contributed by atoms with Gasteiger partial charge in [-0.05, 0) is 80.1 Å². The third kappa shape index (κ3) is 8.43. The fraction of sp³-hybridized carbons (Fsp3) is 0.147. The topological polar surface area (TPSA) is 106 Å². The molecule has 4 aromatic carbocycles. The molecule has 226 valence electrons. The Morgan fingerprint density at radius 1 is 0.841 bits per heavy atom. The van der Waals surface area contributed by atoms with Gasteiger partial charge < -0.3 is 25.4 Å². The molecule has 10 heteroatoms. The molecule has 4 rings (SSSR count). The molecule has 3 N–H and O–H groups in total. The highest BCUT2D eigenvalue weighted by molar-refractivity contribution is 8.00. The lowest BCUT2D eigenvalue weighted by Gasteiger charge is -2.15. The van der Waals surface area contributed by atoms with E-state index in [1.54, 1.807) is 66.7 Å². The molecular weight excluding hydrogens is 598 g/mol. The third-order valence-electron chi connectivity index (χ3n) is 6.50. The maximum absolute atomic E-state index is 13.5. The quantitative estimate of drug-likeness (QED) is 0.120. The van der Waals surface area contributed by atoms with Crippen molar-refractivity contribution in [2.45, 2.75) is 24.0 Å². The second-order valence-electron chi connectivity index (χ2n) is 9.65. The first-order valence-corrected chi connectivity index (χ1v) is 14.9. The summed E-state index contributed by atoms with van der Waals surface area (Å²) in [5.74, 6) is -0.248. The second-order valence-corrected chi connectivity index (χ2v) is 11.5. The largest absolute Gasteiger partial charge is 0.493 e. The predicted molar refractivity (Wildman–Crippen MR) is 177 cm³/mol. The first-order chi connectivity index (χ1) is 21.2. The van der Waals surface area contributed by atoms with E-state index in [9.17, 15) is 14.4 Å². The molecule has 0 radical (unpaired) electrons. The first-order valence-electron chi connectivity index (χ1n) is 13.6. The number of hydrogen-bond donors (Lipinski definition) is 3. The van der Waals surface area contributed by atoms with Gasteiger partial charge in [-0.1, -0.05) is 48.0 Å². The molecule has 3 amide bonds. The maximum Gasteiger partial charge on any atom is 0.272 e. The highest BCUT2D eigenvalue weighted by Gasteiger charge is 2.18. The second kappa shape index (κ2) is 15.1. The number of benzene rings is 4. The van der Waals surface area contributed by atoms with Crippen molar-refractivity contribution in [2.75, 3.05) is 24.9 Å². The number of para-hydroxylation sites is 1. The maximum atomic E-state index is 13.5. The van der Waals surface area contributed by atoms with E-state index < -0.39 is 17.1 Å². The van der Waals surface area contributed by atoms with Crippen LogP contribution < -0.4 is 25.4 Å². The summed E-state index contributed by atoms with van der Waals surface area (Å²) < 4.78 is 10.9. The molecule has 0 saturated carbocycles. The molecule has 0 aliphatic rings. The summed E-state index contributed by atoms with van der Waals surface area (Å²) in [6.45, 7) is 3.71. The molecule has 0 aliphatic carbocycles. The Morgan fingerprint density at radius 2 is 1.55 bits per heavy atom. The van der Waals surface area contributed by atoms with Crippen molar-refractivity contribution in [3.8, 4) is 11.5 Å². The fourth-order valence-corrected chi connectivity index (χ4v) is 5.16. The van der Waals surface area contributed by atoms with Crippen LogP contribution in [-0.2, 0) is 9.59 Å². The zero-order chi connectivity index (χ0) is 31.6. The lowest BCUT2D eigenvalue weighted by atomic mass is 10.1. The molecule has 0 aromatic heterocycles. The van der Waals surface area contributed by atoms with E-state index in [0.29, 0.717) is 39.0 Å². The van der Waals surface area contributed by atoms with Crippen LogP contribution >= 0.6 is 23.4 Å². The molecule has 44 heavy (non-hydrogen) atoms. The number of anilines is 2. The minimum absolute atomic E-state index is 0.00496.